The summed E-state index contributed by atoms with van der Waals surface area (Å²) in [6.07, 6.45) is 4.05. The standard InChI is InChI=1S/C29H31N3O3S2/c1-5-12-31-28(34)26-24(21-10-8-18(2)9-11-21)16-36-27(26)30-29(31)37-17-25(33)23-14-19(3)32(20(23)4)15-22-7-6-13-35-22/h5,8-11,14,16,22H,1,6-7,12-13,15,17H2,2-4H3. The SMILES string of the molecule is C=CCn1c(SCC(=O)c2cc(C)n(CC3CCCO3)c2C)nc2scc(-c3ccc(C)cc3)c2c1=O. The minimum absolute atomic E-state index is 0.0303. The molecular formula is C29H31N3O3S2. The van der Waals surface area contributed by atoms with Crippen molar-refractivity contribution in [3.8, 4) is 11.1 Å². The van der Waals surface area contributed by atoms with E-state index in [1.807, 2.05) is 56.5 Å². The van der Waals surface area contributed by atoms with Gasteiger partial charge in [0.2, 0.25) is 0 Å². The van der Waals surface area contributed by atoms with E-state index in [1.165, 1.54) is 28.7 Å². The number of hydrogen-bond donors (Lipinski definition) is 0. The van der Waals surface area contributed by atoms with Crippen molar-refractivity contribution < 1.29 is 9.53 Å². The van der Waals surface area contributed by atoms with E-state index >= 15 is 0 Å². The molecular weight excluding hydrogens is 502 g/mol. The second-order valence-corrected chi connectivity index (χ2v) is 11.3. The number of aryl methyl sites for hydroxylation is 2. The molecule has 0 radical (unpaired) electrons. The molecule has 5 rings (SSSR count). The lowest BCUT2D eigenvalue weighted by Gasteiger charge is -2.15. The van der Waals surface area contributed by atoms with Gasteiger partial charge in [-0.25, -0.2) is 4.98 Å². The third kappa shape index (κ3) is 5.10. The van der Waals surface area contributed by atoms with Gasteiger partial charge in [0.1, 0.15) is 4.83 Å². The van der Waals surface area contributed by atoms with Crippen molar-refractivity contribution in [2.75, 3.05) is 12.4 Å². The predicted octanol–water partition coefficient (Wildman–Crippen LogP) is 6.19. The molecule has 37 heavy (non-hydrogen) atoms. The number of ether oxygens (including phenoxy) is 1. The van der Waals surface area contributed by atoms with Gasteiger partial charge < -0.3 is 9.30 Å². The summed E-state index contributed by atoms with van der Waals surface area (Å²) in [6.45, 7) is 11.8. The van der Waals surface area contributed by atoms with E-state index < -0.39 is 0 Å². The lowest BCUT2D eigenvalue weighted by molar-refractivity contribution is 0.0957. The van der Waals surface area contributed by atoms with Gasteiger partial charge in [-0.3, -0.25) is 14.2 Å². The Kier molecular flexibility index (Phi) is 7.51. The zero-order valence-corrected chi connectivity index (χ0v) is 23.1. The fourth-order valence-electron chi connectivity index (χ4n) is 4.92. The topological polar surface area (TPSA) is 66.1 Å². The highest BCUT2D eigenvalue weighted by atomic mass is 32.2. The summed E-state index contributed by atoms with van der Waals surface area (Å²) in [5, 5.41) is 3.14. The highest BCUT2D eigenvalue weighted by Crippen LogP contribution is 2.33. The minimum atomic E-state index is -0.105. The summed E-state index contributed by atoms with van der Waals surface area (Å²) in [6, 6.07) is 10.1. The molecule has 1 aromatic carbocycles. The number of ketones is 1. The van der Waals surface area contributed by atoms with Gasteiger partial charge in [-0.05, 0) is 45.2 Å². The lowest BCUT2D eigenvalue weighted by Crippen LogP contribution is -2.23. The highest BCUT2D eigenvalue weighted by Gasteiger charge is 2.22. The maximum absolute atomic E-state index is 13.6. The highest BCUT2D eigenvalue weighted by molar-refractivity contribution is 7.99. The Hall–Kier alpha value is -2.94. The van der Waals surface area contributed by atoms with E-state index in [0.717, 1.165) is 54.1 Å². The number of carbonyl (C=O) groups excluding carboxylic acids is 1. The molecule has 0 bridgehead atoms. The fraction of sp³-hybridized carbons (Fsp3) is 0.345. The maximum Gasteiger partial charge on any atom is 0.263 e. The molecule has 1 unspecified atom stereocenters. The van der Waals surface area contributed by atoms with Crippen molar-refractivity contribution in [2.24, 2.45) is 0 Å². The molecule has 3 aromatic heterocycles. The molecule has 192 valence electrons. The zero-order chi connectivity index (χ0) is 26.1. The van der Waals surface area contributed by atoms with E-state index in [9.17, 15) is 9.59 Å². The smallest absolute Gasteiger partial charge is 0.263 e. The van der Waals surface area contributed by atoms with Crippen molar-refractivity contribution in [3.63, 3.8) is 0 Å². The van der Waals surface area contributed by atoms with Crippen LogP contribution < -0.4 is 5.56 Å². The Morgan fingerprint density at radius 3 is 2.73 bits per heavy atom. The molecule has 1 aliphatic rings. The van der Waals surface area contributed by atoms with Crippen LogP contribution in [0.5, 0.6) is 0 Å². The molecule has 6 nitrogen and oxygen atoms in total. The Morgan fingerprint density at radius 1 is 1.24 bits per heavy atom. The van der Waals surface area contributed by atoms with Crippen LogP contribution in [0.3, 0.4) is 0 Å². The average Bonchev–Trinajstić information content (AvgIpc) is 3.62. The van der Waals surface area contributed by atoms with Crippen LogP contribution in [0, 0.1) is 20.8 Å². The van der Waals surface area contributed by atoms with Crippen molar-refractivity contribution in [3.05, 3.63) is 81.2 Å². The number of rotatable bonds is 9. The second kappa shape index (κ2) is 10.8. The molecule has 8 heteroatoms. The molecule has 4 heterocycles. The summed E-state index contributed by atoms with van der Waals surface area (Å²) >= 11 is 2.77. The largest absolute Gasteiger partial charge is 0.376 e. The number of carbonyl (C=O) groups is 1. The number of thiophene rings is 1. The quantitative estimate of drug-likeness (QED) is 0.111. The van der Waals surface area contributed by atoms with Crippen molar-refractivity contribution in [1.29, 1.82) is 0 Å². The van der Waals surface area contributed by atoms with E-state index in [2.05, 4.69) is 11.1 Å². The Balaban J connectivity index is 1.42. The third-order valence-corrected chi connectivity index (χ3v) is 8.80. The fourth-order valence-corrected chi connectivity index (χ4v) is 6.80. The van der Waals surface area contributed by atoms with Gasteiger partial charge in [-0.15, -0.1) is 17.9 Å². The molecule has 1 atom stereocenters. The maximum atomic E-state index is 13.6. The number of thioether (sulfide) groups is 1. The molecule has 1 aliphatic heterocycles. The first-order valence-corrected chi connectivity index (χ1v) is 14.4. The van der Waals surface area contributed by atoms with Crippen LogP contribution in [0.4, 0.5) is 0 Å². The molecule has 4 aromatic rings. The van der Waals surface area contributed by atoms with E-state index in [-0.39, 0.29) is 23.2 Å². The minimum Gasteiger partial charge on any atom is -0.376 e. The van der Waals surface area contributed by atoms with E-state index in [1.54, 1.807) is 10.6 Å². The summed E-state index contributed by atoms with van der Waals surface area (Å²) in [5.41, 5.74) is 5.70. The number of fused-ring (bicyclic) bond motifs is 1. The molecule has 0 amide bonds. The van der Waals surface area contributed by atoms with Gasteiger partial charge >= 0.3 is 0 Å². The molecule has 0 aliphatic carbocycles. The average molecular weight is 534 g/mol. The number of allylic oxidation sites excluding steroid dienone is 1. The van der Waals surface area contributed by atoms with Crippen LogP contribution in [0.25, 0.3) is 21.3 Å². The summed E-state index contributed by atoms with van der Waals surface area (Å²) in [4.78, 5) is 32.4. The van der Waals surface area contributed by atoms with Crippen LogP contribution in [0.15, 0.2) is 58.3 Å². The first-order chi connectivity index (χ1) is 17.9. The summed E-state index contributed by atoms with van der Waals surface area (Å²) in [5.74, 6) is 0.234. The summed E-state index contributed by atoms with van der Waals surface area (Å²) in [7, 11) is 0. The van der Waals surface area contributed by atoms with E-state index in [4.69, 9.17) is 9.72 Å². The molecule has 0 N–H and O–H groups in total. The van der Waals surface area contributed by atoms with Crippen molar-refractivity contribution >= 4 is 39.1 Å². The lowest BCUT2D eigenvalue weighted by atomic mass is 10.1. The monoisotopic (exact) mass is 533 g/mol. The van der Waals surface area contributed by atoms with Crippen LogP contribution in [0.2, 0.25) is 0 Å². The van der Waals surface area contributed by atoms with Gasteiger partial charge in [0.25, 0.3) is 5.56 Å². The predicted molar refractivity (Wildman–Crippen MR) is 152 cm³/mol. The Labute approximate surface area is 225 Å². The Bertz CT molecular complexity index is 1520. The van der Waals surface area contributed by atoms with Crippen LogP contribution in [0.1, 0.15) is 40.2 Å². The first-order valence-electron chi connectivity index (χ1n) is 12.5. The second-order valence-electron chi connectivity index (χ2n) is 9.54. The summed E-state index contributed by atoms with van der Waals surface area (Å²) < 4.78 is 9.61. The molecule has 1 saturated heterocycles. The van der Waals surface area contributed by atoms with Crippen LogP contribution >= 0.6 is 23.1 Å². The first kappa shape index (κ1) is 25.7. The zero-order valence-electron chi connectivity index (χ0n) is 21.5. The number of aromatic nitrogens is 3. The number of hydrogen-bond acceptors (Lipinski definition) is 6. The van der Waals surface area contributed by atoms with Gasteiger partial charge in [0.05, 0.1) is 17.2 Å². The van der Waals surface area contributed by atoms with Crippen LogP contribution in [-0.4, -0.2) is 38.4 Å². The van der Waals surface area contributed by atoms with Crippen LogP contribution in [-0.2, 0) is 17.8 Å². The van der Waals surface area contributed by atoms with E-state index in [0.29, 0.717) is 21.9 Å². The molecule has 0 spiro atoms. The van der Waals surface area contributed by atoms with Gasteiger partial charge in [0, 0.05) is 47.6 Å². The molecule has 0 saturated carbocycles. The molecule has 1 fully saturated rings. The van der Waals surface area contributed by atoms with Gasteiger partial charge in [-0.1, -0.05) is 47.7 Å². The normalized spacial score (nSPS) is 15.5. The number of benzene rings is 1. The number of Topliss-reactive ketones (excluding diaryl/α,β-unsaturated/α-hetero) is 1. The number of nitrogens with zero attached hydrogens (tertiary/aromatic N) is 3. The van der Waals surface area contributed by atoms with Gasteiger partial charge in [0.15, 0.2) is 10.9 Å². The third-order valence-electron chi connectivity index (χ3n) is 6.95. The van der Waals surface area contributed by atoms with Gasteiger partial charge in [-0.2, -0.15) is 0 Å². The van der Waals surface area contributed by atoms with Crippen molar-refractivity contribution in [1.82, 2.24) is 14.1 Å². The van der Waals surface area contributed by atoms with Crippen molar-refractivity contribution in [2.45, 2.75) is 58.0 Å². The Morgan fingerprint density at radius 2 is 2.03 bits per heavy atom.